The van der Waals surface area contributed by atoms with Crippen molar-refractivity contribution in [2.75, 3.05) is 0 Å². The number of hydrogen-bond acceptors (Lipinski definition) is 2. The lowest BCUT2D eigenvalue weighted by molar-refractivity contribution is 0.206. The van der Waals surface area contributed by atoms with E-state index in [1.54, 1.807) is 6.26 Å². The molecule has 1 aliphatic rings. The SMILES string of the molecule is CC1CCCC(NCc2ccoc2)C1C. The van der Waals surface area contributed by atoms with E-state index in [4.69, 9.17) is 4.42 Å². The van der Waals surface area contributed by atoms with Crippen LogP contribution in [0.15, 0.2) is 23.0 Å². The van der Waals surface area contributed by atoms with Crippen LogP contribution in [0.3, 0.4) is 0 Å². The molecule has 1 saturated carbocycles. The zero-order valence-corrected chi connectivity index (χ0v) is 9.70. The first kappa shape index (κ1) is 10.7. The van der Waals surface area contributed by atoms with Gasteiger partial charge in [-0.2, -0.15) is 0 Å². The Bertz CT molecular complexity index is 281. The summed E-state index contributed by atoms with van der Waals surface area (Å²) in [6, 6.07) is 2.72. The second kappa shape index (κ2) is 4.84. The van der Waals surface area contributed by atoms with E-state index in [9.17, 15) is 0 Å². The van der Waals surface area contributed by atoms with Crippen molar-refractivity contribution in [1.82, 2.24) is 5.32 Å². The Morgan fingerprint density at radius 1 is 1.40 bits per heavy atom. The van der Waals surface area contributed by atoms with Crippen molar-refractivity contribution in [3.05, 3.63) is 24.2 Å². The van der Waals surface area contributed by atoms with Gasteiger partial charge in [-0.3, -0.25) is 0 Å². The lowest BCUT2D eigenvalue weighted by Gasteiger charge is -2.34. The van der Waals surface area contributed by atoms with Crippen LogP contribution in [-0.2, 0) is 6.54 Å². The predicted molar refractivity (Wildman–Crippen MR) is 61.5 cm³/mol. The Balaban J connectivity index is 1.83. The monoisotopic (exact) mass is 207 g/mol. The van der Waals surface area contributed by atoms with Crippen molar-refractivity contribution in [2.45, 2.75) is 45.7 Å². The fourth-order valence-corrected chi connectivity index (χ4v) is 2.51. The quantitative estimate of drug-likeness (QED) is 0.823. The number of hydrogen-bond donors (Lipinski definition) is 1. The number of rotatable bonds is 3. The van der Waals surface area contributed by atoms with Crippen LogP contribution < -0.4 is 5.32 Å². The van der Waals surface area contributed by atoms with E-state index in [1.165, 1.54) is 24.8 Å². The highest BCUT2D eigenvalue weighted by atomic mass is 16.3. The van der Waals surface area contributed by atoms with Crippen molar-refractivity contribution in [1.29, 1.82) is 0 Å². The molecule has 15 heavy (non-hydrogen) atoms. The third-order valence-electron chi connectivity index (χ3n) is 3.86. The summed E-state index contributed by atoms with van der Waals surface area (Å²) in [6.07, 6.45) is 7.65. The van der Waals surface area contributed by atoms with Crippen molar-refractivity contribution in [3.8, 4) is 0 Å². The maximum absolute atomic E-state index is 5.06. The molecule has 1 aromatic rings. The van der Waals surface area contributed by atoms with Gasteiger partial charge in [0.2, 0.25) is 0 Å². The molecule has 0 bridgehead atoms. The Kier molecular flexibility index (Phi) is 3.47. The summed E-state index contributed by atoms with van der Waals surface area (Å²) < 4.78 is 5.06. The van der Waals surface area contributed by atoms with E-state index in [0.717, 1.165) is 18.4 Å². The van der Waals surface area contributed by atoms with Crippen molar-refractivity contribution in [2.24, 2.45) is 11.8 Å². The third-order valence-corrected chi connectivity index (χ3v) is 3.86. The fourth-order valence-electron chi connectivity index (χ4n) is 2.51. The molecule has 1 fully saturated rings. The van der Waals surface area contributed by atoms with Gasteiger partial charge in [0.15, 0.2) is 0 Å². The van der Waals surface area contributed by atoms with Gasteiger partial charge in [-0.25, -0.2) is 0 Å². The molecule has 3 unspecified atom stereocenters. The first-order chi connectivity index (χ1) is 7.27. The van der Waals surface area contributed by atoms with Gasteiger partial charge < -0.3 is 9.73 Å². The van der Waals surface area contributed by atoms with Crippen LogP contribution in [0.5, 0.6) is 0 Å². The minimum absolute atomic E-state index is 0.684. The molecule has 1 heterocycles. The lowest BCUT2D eigenvalue weighted by Crippen LogP contribution is -2.40. The largest absolute Gasteiger partial charge is 0.472 e. The van der Waals surface area contributed by atoms with Gasteiger partial charge >= 0.3 is 0 Å². The molecule has 2 heteroatoms. The van der Waals surface area contributed by atoms with Gasteiger partial charge in [-0.1, -0.05) is 26.7 Å². The van der Waals surface area contributed by atoms with E-state index >= 15 is 0 Å². The first-order valence-corrected chi connectivity index (χ1v) is 6.02. The highest BCUT2D eigenvalue weighted by Gasteiger charge is 2.26. The van der Waals surface area contributed by atoms with Crippen molar-refractivity contribution >= 4 is 0 Å². The highest BCUT2D eigenvalue weighted by molar-refractivity contribution is 5.05. The minimum atomic E-state index is 0.684. The maximum atomic E-state index is 5.06. The summed E-state index contributed by atoms with van der Waals surface area (Å²) >= 11 is 0. The molecule has 2 nitrogen and oxygen atoms in total. The summed E-state index contributed by atoms with van der Waals surface area (Å²) in [5, 5.41) is 3.64. The van der Waals surface area contributed by atoms with Gasteiger partial charge in [-0.05, 0) is 24.3 Å². The molecule has 0 spiro atoms. The van der Waals surface area contributed by atoms with Crippen LogP contribution in [0.4, 0.5) is 0 Å². The molecule has 0 aromatic carbocycles. The van der Waals surface area contributed by atoms with E-state index < -0.39 is 0 Å². The topological polar surface area (TPSA) is 25.2 Å². The Hall–Kier alpha value is -0.760. The van der Waals surface area contributed by atoms with E-state index in [-0.39, 0.29) is 0 Å². The summed E-state index contributed by atoms with van der Waals surface area (Å²) in [4.78, 5) is 0. The van der Waals surface area contributed by atoms with Gasteiger partial charge in [0, 0.05) is 18.2 Å². The van der Waals surface area contributed by atoms with E-state index in [1.807, 2.05) is 12.3 Å². The molecule has 0 amide bonds. The van der Waals surface area contributed by atoms with Crippen LogP contribution >= 0.6 is 0 Å². The molecule has 1 aromatic heterocycles. The van der Waals surface area contributed by atoms with Gasteiger partial charge in [0.25, 0.3) is 0 Å². The predicted octanol–water partition coefficient (Wildman–Crippen LogP) is 3.19. The smallest absolute Gasteiger partial charge is 0.0947 e. The van der Waals surface area contributed by atoms with Gasteiger partial charge in [-0.15, -0.1) is 0 Å². The number of furan rings is 1. The van der Waals surface area contributed by atoms with Crippen LogP contribution in [0.25, 0.3) is 0 Å². The van der Waals surface area contributed by atoms with Crippen LogP contribution in [0.1, 0.15) is 38.7 Å². The normalized spacial score (nSPS) is 31.7. The third kappa shape index (κ3) is 2.63. The van der Waals surface area contributed by atoms with Crippen LogP contribution in [-0.4, -0.2) is 6.04 Å². The standard InChI is InChI=1S/C13H21NO/c1-10-4-3-5-13(11(10)2)14-8-12-6-7-15-9-12/h6-7,9-11,13-14H,3-5,8H2,1-2H3. The molecule has 1 aliphatic carbocycles. The summed E-state index contributed by atoms with van der Waals surface area (Å²) in [6.45, 7) is 5.69. The Morgan fingerprint density at radius 2 is 2.27 bits per heavy atom. The summed E-state index contributed by atoms with van der Waals surface area (Å²) in [5.74, 6) is 1.66. The van der Waals surface area contributed by atoms with Crippen molar-refractivity contribution < 1.29 is 4.42 Å². The molecular weight excluding hydrogens is 186 g/mol. The molecule has 2 rings (SSSR count). The minimum Gasteiger partial charge on any atom is -0.472 e. The lowest BCUT2D eigenvalue weighted by atomic mass is 9.78. The second-order valence-corrected chi connectivity index (χ2v) is 4.89. The maximum Gasteiger partial charge on any atom is 0.0947 e. The van der Waals surface area contributed by atoms with Crippen LogP contribution in [0.2, 0.25) is 0 Å². The molecule has 0 aliphatic heterocycles. The van der Waals surface area contributed by atoms with Crippen LogP contribution in [0, 0.1) is 11.8 Å². The molecule has 3 atom stereocenters. The van der Waals surface area contributed by atoms with E-state index in [0.29, 0.717) is 6.04 Å². The molecule has 84 valence electrons. The zero-order chi connectivity index (χ0) is 10.7. The van der Waals surface area contributed by atoms with E-state index in [2.05, 4.69) is 19.2 Å². The van der Waals surface area contributed by atoms with Gasteiger partial charge in [0.05, 0.1) is 12.5 Å². The Morgan fingerprint density at radius 3 is 3.00 bits per heavy atom. The van der Waals surface area contributed by atoms with Crippen molar-refractivity contribution in [3.63, 3.8) is 0 Å². The summed E-state index contributed by atoms with van der Waals surface area (Å²) in [5.41, 5.74) is 1.25. The zero-order valence-electron chi connectivity index (χ0n) is 9.70. The second-order valence-electron chi connectivity index (χ2n) is 4.89. The summed E-state index contributed by atoms with van der Waals surface area (Å²) in [7, 11) is 0. The molecule has 0 radical (unpaired) electrons. The molecule has 0 saturated heterocycles. The molecular formula is C13H21NO. The Labute approximate surface area is 92.1 Å². The molecule has 1 N–H and O–H groups in total. The van der Waals surface area contributed by atoms with Gasteiger partial charge in [0.1, 0.15) is 0 Å². The first-order valence-electron chi connectivity index (χ1n) is 6.02. The average molecular weight is 207 g/mol. The fraction of sp³-hybridized carbons (Fsp3) is 0.692. The highest BCUT2D eigenvalue weighted by Crippen LogP contribution is 2.29. The number of nitrogens with one attached hydrogen (secondary N) is 1. The average Bonchev–Trinajstić information content (AvgIpc) is 2.73.